The van der Waals surface area contributed by atoms with E-state index in [1.807, 2.05) is 18.2 Å². The van der Waals surface area contributed by atoms with Gasteiger partial charge in [0, 0.05) is 6.42 Å². The van der Waals surface area contributed by atoms with E-state index in [-0.39, 0.29) is 17.3 Å². The summed E-state index contributed by atoms with van der Waals surface area (Å²) in [5.41, 5.74) is 1.98. The maximum atomic E-state index is 11.8. The Morgan fingerprint density at radius 2 is 1.73 bits per heavy atom. The van der Waals surface area contributed by atoms with Crippen LogP contribution in [0.1, 0.15) is 30.4 Å². The minimum Gasteiger partial charge on any atom is -0.504 e. The third-order valence-electron chi connectivity index (χ3n) is 3.44. The third-order valence-corrected chi connectivity index (χ3v) is 3.44. The number of rotatable bonds is 7. The molecule has 22 heavy (non-hydrogen) atoms. The number of aromatic hydroxyl groups is 2. The van der Waals surface area contributed by atoms with Crippen LogP contribution in [0.25, 0.3) is 6.08 Å². The molecule has 3 nitrogen and oxygen atoms in total. The summed E-state index contributed by atoms with van der Waals surface area (Å²) in [4.78, 5) is 11.8. The highest BCUT2D eigenvalue weighted by molar-refractivity contribution is 5.93. The molecule has 2 N–H and O–H groups in total. The van der Waals surface area contributed by atoms with Gasteiger partial charge < -0.3 is 10.2 Å². The second-order valence-electron chi connectivity index (χ2n) is 5.24. The molecule has 2 rings (SSSR count). The first-order valence-electron chi connectivity index (χ1n) is 7.42. The summed E-state index contributed by atoms with van der Waals surface area (Å²) in [5.74, 6) is -0.275. The fraction of sp³-hybridized carbons (Fsp3) is 0.211. The molecule has 3 heteroatoms. The fourth-order valence-electron chi connectivity index (χ4n) is 2.19. The monoisotopic (exact) mass is 296 g/mol. The highest BCUT2D eigenvalue weighted by atomic mass is 16.3. The standard InChI is InChI=1S/C19H20O3/c20-17(9-5-4-8-15-6-2-1-3-7-15)12-10-16-11-13-18(21)19(22)14-16/h1-3,6-7,10-14,21-22H,4-5,8-9H2/b12-10+. The van der Waals surface area contributed by atoms with Gasteiger partial charge in [0.1, 0.15) is 0 Å². The number of hydrogen-bond acceptors (Lipinski definition) is 3. The Bertz CT molecular complexity index is 645. The van der Waals surface area contributed by atoms with Gasteiger partial charge in [-0.1, -0.05) is 42.5 Å². The zero-order chi connectivity index (χ0) is 15.8. The van der Waals surface area contributed by atoms with E-state index in [2.05, 4.69) is 12.1 Å². The maximum absolute atomic E-state index is 11.8. The van der Waals surface area contributed by atoms with Gasteiger partial charge in [-0.3, -0.25) is 4.79 Å². The van der Waals surface area contributed by atoms with Crippen molar-refractivity contribution in [3.8, 4) is 11.5 Å². The lowest BCUT2D eigenvalue weighted by Gasteiger charge is -2.00. The second-order valence-corrected chi connectivity index (χ2v) is 5.24. The molecule has 2 aromatic carbocycles. The summed E-state index contributed by atoms with van der Waals surface area (Å²) >= 11 is 0. The molecule has 0 aliphatic heterocycles. The van der Waals surface area contributed by atoms with Crippen LogP contribution in [-0.2, 0) is 11.2 Å². The van der Waals surface area contributed by atoms with Crippen molar-refractivity contribution >= 4 is 11.9 Å². The van der Waals surface area contributed by atoms with E-state index in [9.17, 15) is 15.0 Å². The van der Waals surface area contributed by atoms with Crippen molar-refractivity contribution in [2.75, 3.05) is 0 Å². The van der Waals surface area contributed by atoms with Crippen LogP contribution in [0.2, 0.25) is 0 Å². The Balaban J connectivity index is 1.73. The third kappa shape index (κ3) is 5.09. The van der Waals surface area contributed by atoms with Crippen molar-refractivity contribution in [3.05, 3.63) is 65.7 Å². The van der Waals surface area contributed by atoms with Gasteiger partial charge in [0.15, 0.2) is 17.3 Å². The average molecular weight is 296 g/mol. The lowest BCUT2D eigenvalue weighted by molar-refractivity contribution is -0.114. The summed E-state index contributed by atoms with van der Waals surface area (Å²) in [6, 6.07) is 14.7. The van der Waals surface area contributed by atoms with E-state index in [1.165, 1.54) is 23.8 Å². The zero-order valence-electron chi connectivity index (χ0n) is 12.4. The van der Waals surface area contributed by atoms with E-state index in [1.54, 1.807) is 12.1 Å². The second kappa shape index (κ2) is 8.03. The number of benzene rings is 2. The molecule has 114 valence electrons. The molecule has 0 heterocycles. The van der Waals surface area contributed by atoms with Gasteiger partial charge in [0.25, 0.3) is 0 Å². The molecule has 0 atom stereocenters. The number of hydrogen-bond donors (Lipinski definition) is 2. The van der Waals surface area contributed by atoms with Crippen LogP contribution < -0.4 is 0 Å². The number of carbonyl (C=O) groups is 1. The number of ketones is 1. The molecule has 0 saturated carbocycles. The molecule has 0 aliphatic rings. The predicted octanol–water partition coefficient (Wildman–Crippen LogP) is 4.09. The highest BCUT2D eigenvalue weighted by Crippen LogP contribution is 2.25. The molecule has 0 aromatic heterocycles. The van der Waals surface area contributed by atoms with Crippen molar-refractivity contribution in [1.82, 2.24) is 0 Å². The maximum Gasteiger partial charge on any atom is 0.157 e. The van der Waals surface area contributed by atoms with Crippen molar-refractivity contribution in [1.29, 1.82) is 0 Å². The van der Waals surface area contributed by atoms with Crippen molar-refractivity contribution in [2.45, 2.75) is 25.7 Å². The number of carbonyl (C=O) groups excluding carboxylic acids is 1. The van der Waals surface area contributed by atoms with Gasteiger partial charge in [-0.05, 0) is 48.6 Å². The quantitative estimate of drug-likeness (QED) is 0.459. The molecular formula is C19H20O3. The molecule has 0 spiro atoms. The Morgan fingerprint density at radius 3 is 2.45 bits per heavy atom. The summed E-state index contributed by atoms with van der Waals surface area (Å²) in [5, 5.41) is 18.6. The van der Waals surface area contributed by atoms with Gasteiger partial charge in [-0.2, -0.15) is 0 Å². The topological polar surface area (TPSA) is 57.5 Å². The number of allylic oxidation sites excluding steroid dienone is 1. The fourth-order valence-corrected chi connectivity index (χ4v) is 2.19. The highest BCUT2D eigenvalue weighted by Gasteiger charge is 2.00. The molecule has 2 aromatic rings. The van der Waals surface area contributed by atoms with Crippen LogP contribution in [0.4, 0.5) is 0 Å². The molecule has 0 fully saturated rings. The average Bonchev–Trinajstić information content (AvgIpc) is 2.54. The van der Waals surface area contributed by atoms with Crippen LogP contribution in [0.5, 0.6) is 11.5 Å². The largest absolute Gasteiger partial charge is 0.504 e. The van der Waals surface area contributed by atoms with Crippen LogP contribution >= 0.6 is 0 Å². The van der Waals surface area contributed by atoms with Gasteiger partial charge in [0.2, 0.25) is 0 Å². The first-order valence-corrected chi connectivity index (χ1v) is 7.42. The summed E-state index contributed by atoms with van der Waals surface area (Å²) < 4.78 is 0. The van der Waals surface area contributed by atoms with Gasteiger partial charge in [0.05, 0.1) is 0 Å². The van der Waals surface area contributed by atoms with E-state index < -0.39 is 0 Å². The minimum atomic E-state index is -0.183. The molecule has 0 amide bonds. The molecule has 0 aliphatic carbocycles. The Morgan fingerprint density at radius 1 is 0.955 bits per heavy atom. The lowest BCUT2D eigenvalue weighted by atomic mass is 10.1. The van der Waals surface area contributed by atoms with Gasteiger partial charge >= 0.3 is 0 Å². The minimum absolute atomic E-state index is 0.0700. The van der Waals surface area contributed by atoms with Crippen LogP contribution in [0, 0.1) is 0 Å². The van der Waals surface area contributed by atoms with Gasteiger partial charge in [-0.15, -0.1) is 0 Å². The van der Waals surface area contributed by atoms with Crippen LogP contribution in [0.15, 0.2) is 54.6 Å². The molecule has 0 saturated heterocycles. The van der Waals surface area contributed by atoms with Crippen LogP contribution in [0.3, 0.4) is 0 Å². The van der Waals surface area contributed by atoms with Crippen molar-refractivity contribution in [2.24, 2.45) is 0 Å². The lowest BCUT2D eigenvalue weighted by Crippen LogP contribution is -1.93. The molecule has 0 radical (unpaired) electrons. The Labute approximate surface area is 130 Å². The zero-order valence-corrected chi connectivity index (χ0v) is 12.4. The van der Waals surface area contributed by atoms with E-state index in [0.29, 0.717) is 12.0 Å². The summed E-state index contributed by atoms with van der Waals surface area (Å²) in [6.45, 7) is 0. The molecule has 0 bridgehead atoms. The van der Waals surface area contributed by atoms with E-state index in [4.69, 9.17) is 0 Å². The van der Waals surface area contributed by atoms with E-state index >= 15 is 0 Å². The molecular weight excluding hydrogens is 276 g/mol. The summed E-state index contributed by atoms with van der Waals surface area (Å²) in [6.07, 6.45) is 6.53. The smallest absolute Gasteiger partial charge is 0.157 e. The molecule has 0 unspecified atom stereocenters. The number of aryl methyl sites for hydroxylation is 1. The number of phenols is 2. The predicted molar refractivity (Wildman–Crippen MR) is 87.8 cm³/mol. The Hall–Kier alpha value is -2.55. The SMILES string of the molecule is O=C(/C=C/c1ccc(O)c(O)c1)CCCCc1ccccc1. The van der Waals surface area contributed by atoms with Gasteiger partial charge in [-0.25, -0.2) is 0 Å². The van der Waals surface area contributed by atoms with E-state index in [0.717, 1.165) is 19.3 Å². The number of unbranched alkanes of at least 4 members (excludes halogenated alkanes) is 1. The first-order chi connectivity index (χ1) is 10.6. The van der Waals surface area contributed by atoms with Crippen molar-refractivity contribution < 1.29 is 15.0 Å². The van der Waals surface area contributed by atoms with Crippen molar-refractivity contribution in [3.63, 3.8) is 0 Å². The first kappa shape index (κ1) is 15.8. The normalized spacial score (nSPS) is 10.9. The number of phenolic OH excluding ortho intramolecular Hbond substituents is 2. The van der Waals surface area contributed by atoms with Crippen LogP contribution in [-0.4, -0.2) is 16.0 Å². The Kier molecular flexibility index (Phi) is 5.78. The summed E-state index contributed by atoms with van der Waals surface area (Å²) in [7, 11) is 0.